The standard InChI is InChI=1S/C9H19O4S2.Al/c1-5-6-7-9(15(4,12)13)8(2)14(3,10)11;/h8-9H,2,5-7H2,1,3-4H3;/t8-,9?;/m0./s1. The van der Waals surface area contributed by atoms with Gasteiger partial charge >= 0.3 is 0 Å². The molecule has 0 bridgehead atoms. The fraction of sp³-hybridized carbons (Fsp3) is 1.00. The van der Waals surface area contributed by atoms with E-state index in [-0.39, 0.29) is 5.28 Å². The Bertz CT molecular complexity index is 399. The van der Waals surface area contributed by atoms with E-state index in [9.17, 15) is 16.8 Å². The number of hydrogen-bond donors (Lipinski definition) is 0. The first-order chi connectivity index (χ1) is 7.14. The zero-order chi connectivity index (χ0) is 13.0. The van der Waals surface area contributed by atoms with E-state index in [1.54, 1.807) is 0 Å². The van der Waals surface area contributed by atoms with Crippen molar-refractivity contribution in [3.05, 3.63) is 0 Å². The van der Waals surface area contributed by atoms with Gasteiger partial charge in [-0.2, -0.15) is 0 Å². The highest BCUT2D eigenvalue weighted by Crippen LogP contribution is 2.21. The zero-order valence-electron chi connectivity index (χ0n) is 10.0. The van der Waals surface area contributed by atoms with Crippen molar-refractivity contribution >= 4 is 36.0 Å². The Morgan fingerprint density at radius 1 is 1.00 bits per heavy atom. The number of rotatable bonds is 7. The second kappa shape index (κ2) is 6.39. The minimum absolute atomic E-state index is 0.264. The van der Waals surface area contributed by atoms with E-state index in [1.165, 1.54) is 0 Å². The van der Waals surface area contributed by atoms with E-state index in [0.717, 1.165) is 25.4 Å². The Hall–Kier alpha value is 0.432. The lowest BCUT2D eigenvalue weighted by molar-refractivity contribution is 0.546. The summed E-state index contributed by atoms with van der Waals surface area (Å²) >= 11 is 2.33. The normalized spacial score (nSPS) is 16.9. The monoisotopic (exact) mass is 282 g/mol. The van der Waals surface area contributed by atoms with Crippen LogP contribution in [0, 0.1) is 0 Å². The summed E-state index contributed by atoms with van der Waals surface area (Å²) in [6, 6.07) is 0. The van der Waals surface area contributed by atoms with Gasteiger partial charge in [0.15, 0.2) is 9.84 Å². The molecule has 0 amide bonds. The van der Waals surface area contributed by atoms with E-state index in [0.29, 0.717) is 6.42 Å². The van der Waals surface area contributed by atoms with Crippen LogP contribution in [0.5, 0.6) is 0 Å². The molecule has 16 heavy (non-hydrogen) atoms. The third-order valence-electron chi connectivity index (χ3n) is 2.59. The third kappa shape index (κ3) is 5.17. The third-order valence-corrected chi connectivity index (χ3v) is 6.90. The Morgan fingerprint density at radius 2 is 1.44 bits per heavy atom. The van der Waals surface area contributed by atoms with Crippen molar-refractivity contribution in [2.45, 2.75) is 42.0 Å². The van der Waals surface area contributed by atoms with Gasteiger partial charge in [0.05, 0.1) is 10.5 Å². The Morgan fingerprint density at radius 3 is 1.69 bits per heavy atom. The highest BCUT2D eigenvalue weighted by Gasteiger charge is 2.34. The molecule has 7 heteroatoms. The molecule has 4 nitrogen and oxygen atoms in total. The highest BCUT2D eigenvalue weighted by molar-refractivity contribution is 7.95. The molecule has 0 aromatic heterocycles. The van der Waals surface area contributed by atoms with Crippen molar-refractivity contribution in [3.8, 4) is 0 Å². The molecule has 0 saturated carbocycles. The van der Waals surface area contributed by atoms with Gasteiger partial charge in [0.25, 0.3) is 0 Å². The lowest BCUT2D eigenvalue weighted by Gasteiger charge is -2.23. The minimum Gasteiger partial charge on any atom is -0.229 e. The quantitative estimate of drug-likeness (QED) is 0.641. The van der Waals surface area contributed by atoms with E-state index in [4.69, 9.17) is 0 Å². The van der Waals surface area contributed by atoms with Gasteiger partial charge in [-0.25, -0.2) is 16.8 Å². The first-order valence-electron chi connectivity index (χ1n) is 5.22. The van der Waals surface area contributed by atoms with Crippen LogP contribution in [0.4, 0.5) is 0 Å². The molecule has 0 rings (SSSR count). The maximum absolute atomic E-state index is 11.6. The van der Waals surface area contributed by atoms with Crippen LogP contribution in [-0.2, 0) is 19.7 Å². The predicted octanol–water partition coefficient (Wildman–Crippen LogP) is 0.590. The van der Waals surface area contributed by atoms with Crippen LogP contribution in [0.1, 0.15) is 26.2 Å². The van der Waals surface area contributed by atoms with Crippen LogP contribution in [0.2, 0.25) is 5.28 Å². The van der Waals surface area contributed by atoms with Crippen LogP contribution in [0.3, 0.4) is 0 Å². The SMILES string of the molecule is CCCCC([C@H]([CH2][Al])S(C)(=O)=O)S(C)(=O)=O. The summed E-state index contributed by atoms with van der Waals surface area (Å²) in [6.07, 6.45) is 4.23. The molecule has 0 aromatic carbocycles. The van der Waals surface area contributed by atoms with Crippen LogP contribution < -0.4 is 0 Å². The molecule has 0 saturated heterocycles. The zero-order valence-corrected chi connectivity index (χ0v) is 12.8. The molecule has 0 N–H and O–H groups in total. The van der Waals surface area contributed by atoms with Gasteiger partial charge in [-0.05, 0) is 6.42 Å². The second-order valence-electron chi connectivity index (χ2n) is 4.11. The number of sulfone groups is 2. The summed E-state index contributed by atoms with van der Waals surface area (Å²) in [5.41, 5.74) is 0. The lowest BCUT2D eigenvalue weighted by Crippen LogP contribution is -2.38. The average molecular weight is 282 g/mol. The van der Waals surface area contributed by atoms with Crippen LogP contribution in [-0.4, -0.2) is 56.1 Å². The van der Waals surface area contributed by atoms with Gasteiger partial charge < -0.3 is 0 Å². The summed E-state index contributed by atoms with van der Waals surface area (Å²) in [6.45, 7) is 1.95. The van der Waals surface area contributed by atoms with Crippen molar-refractivity contribution in [1.82, 2.24) is 0 Å². The second-order valence-corrected chi connectivity index (χ2v) is 9.11. The molecule has 0 aliphatic heterocycles. The van der Waals surface area contributed by atoms with Gasteiger partial charge in [-0.3, -0.25) is 0 Å². The summed E-state index contributed by atoms with van der Waals surface area (Å²) in [4.78, 5) is 0. The Labute approximate surface area is 107 Å². The smallest absolute Gasteiger partial charge is 0.151 e. The van der Waals surface area contributed by atoms with E-state index >= 15 is 0 Å². The van der Waals surface area contributed by atoms with Crippen molar-refractivity contribution in [2.75, 3.05) is 12.5 Å². The molecular formula is C9H19AlO4S2. The molecule has 0 aromatic rings. The van der Waals surface area contributed by atoms with Crippen molar-refractivity contribution in [1.29, 1.82) is 0 Å². The maximum Gasteiger partial charge on any atom is 0.151 e. The molecule has 0 fully saturated rings. The van der Waals surface area contributed by atoms with Gasteiger partial charge in [-0.1, -0.05) is 19.8 Å². The average Bonchev–Trinajstić information content (AvgIpc) is 2.07. The summed E-state index contributed by atoms with van der Waals surface area (Å²) in [5, 5.41) is -1.32. The van der Waals surface area contributed by atoms with E-state index in [1.807, 2.05) is 6.92 Å². The lowest BCUT2D eigenvalue weighted by atomic mass is 10.1. The first kappa shape index (κ1) is 16.4. The first-order valence-corrected chi connectivity index (χ1v) is 9.95. The number of hydrogen-bond acceptors (Lipinski definition) is 4. The summed E-state index contributed by atoms with van der Waals surface area (Å²) in [5.74, 6) is 0. The molecule has 2 radical (unpaired) electrons. The van der Waals surface area contributed by atoms with Gasteiger partial charge in [0.2, 0.25) is 0 Å². The van der Waals surface area contributed by atoms with Gasteiger partial charge in [0.1, 0.15) is 26.1 Å². The van der Waals surface area contributed by atoms with Crippen LogP contribution >= 0.6 is 0 Å². The molecule has 1 unspecified atom stereocenters. The molecular weight excluding hydrogens is 263 g/mol. The van der Waals surface area contributed by atoms with E-state index in [2.05, 4.69) is 16.3 Å². The molecule has 0 spiro atoms. The Balaban J connectivity index is 5.16. The fourth-order valence-electron chi connectivity index (χ4n) is 1.68. The predicted molar refractivity (Wildman–Crippen MR) is 67.3 cm³/mol. The molecule has 0 heterocycles. The molecule has 2 atom stereocenters. The summed E-state index contributed by atoms with van der Waals surface area (Å²) < 4.78 is 46.3. The van der Waals surface area contributed by atoms with Crippen molar-refractivity contribution in [2.24, 2.45) is 0 Å². The largest absolute Gasteiger partial charge is 0.229 e. The highest BCUT2D eigenvalue weighted by atomic mass is 32.2. The summed E-state index contributed by atoms with van der Waals surface area (Å²) in [7, 11) is -6.65. The van der Waals surface area contributed by atoms with Crippen LogP contribution in [0.25, 0.3) is 0 Å². The molecule has 0 aliphatic rings. The topological polar surface area (TPSA) is 68.3 Å². The maximum atomic E-state index is 11.6. The molecule has 0 aliphatic carbocycles. The Kier molecular flexibility index (Phi) is 6.56. The van der Waals surface area contributed by atoms with Gasteiger partial charge in [0, 0.05) is 12.5 Å². The van der Waals surface area contributed by atoms with Gasteiger partial charge in [-0.15, -0.1) is 5.28 Å². The fourth-order valence-corrected chi connectivity index (χ4v) is 6.76. The minimum atomic E-state index is -3.33. The van der Waals surface area contributed by atoms with Crippen LogP contribution in [0.15, 0.2) is 0 Å². The van der Waals surface area contributed by atoms with Crippen molar-refractivity contribution in [3.63, 3.8) is 0 Å². The number of unbranched alkanes of at least 4 members (excludes halogenated alkanes) is 1. The molecule has 94 valence electrons. The van der Waals surface area contributed by atoms with E-state index < -0.39 is 30.2 Å². The van der Waals surface area contributed by atoms with Crippen molar-refractivity contribution < 1.29 is 16.8 Å².